The summed E-state index contributed by atoms with van der Waals surface area (Å²) in [4.78, 5) is 20.4. The van der Waals surface area contributed by atoms with Crippen molar-refractivity contribution in [3.05, 3.63) is 41.3 Å². The van der Waals surface area contributed by atoms with Crippen LogP contribution in [0.15, 0.2) is 24.5 Å². The summed E-state index contributed by atoms with van der Waals surface area (Å²) < 4.78 is 44.5. The number of carbonyl (C=O) groups excluding carboxylic acids is 1. The van der Waals surface area contributed by atoms with E-state index < -0.39 is 11.7 Å². The van der Waals surface area contributed by atoms with E-state index in [4.69, 9.17) is 4.74 Å². The highest BCUT2D eigenvalue weighted by atomic mass is 19.4. The molecule has 8 nitrogen and oxygen atoms in total. The first-order valence-electron chi connectivity index (χ1n) is 8.90. The van der Waals surface area contributed by atoms with Crippen molar-refractivity contribution in [2.24, 2.45) is 0 Å². The fourth-order valence-electron chi connectivity index (χ4n) is 3.79. The van der Waals surface area contributed by atoms with Gasteiger partial charge in [-0.25, -0.2) is 9.67 Å². The molecule has 0 radical (unpaired) electrons. The Balaban J connectivity index is 1.55. The minimum absolute atomic E-state index is 0.0973. The molecule has 152 valence electrons. The van der Waals surface area contributed by atoms with Gasteiger partial charge < -0.3 is 14.5 Å². The number of fused-ring (bicyclic) bond motifs is 1. The minimum atomic E-state index is -4.50. The topological polar surface area (TPSA) is 87.3 Å². The zero-order valence-corrected chi connectivity index (χ0v) is 15.4. The molecule has 4 rings (SSSR count). The Kier molecular flexibility index (Phi) is 4.66. The largest absolute Gasteiger partial charge is 0.419 e. The normalized spacial score (nSPS) is 21.6. The van der Waals surface area contributed by atoms with Crippen molar-refractivity contribution < 1.29 is 22.7 Å². The Morgan fingerprint density at radius 2 is 2.17 bits per heavy atom. The molecule has 2 aromatic rings. The van der Waals surface area contributed by atoms with Gasteiger partial charge in [0.25, 0.3) is 5.91 Å². The number of carbonyl (C=O) groups is 1. The standard InChI is InChI=1S/C18H17F3N6O2/c1-29-9-14-4-13(8-25(14)10-22)26-6-11-2-3-15(24-16(11)17(26)28)27-7-12(5-23-27)18(19,20)21/h2-3,5,7,13-14H,4,6,8-9H2,1H3/t13-,14+/m1/s1. The molecule has 2 aliphatic rings. The van der Waals surface area contributed by atoms with Crippen molar-refractivity contribution in [1.82, 2.24) is 24.6 Å². The van der Waals surface area contributed by atoms with Crippen LogP contribution >= 0.6 is 0 Å². The number of aromatic nitrogens is 3. The summed E-state index contributed by atoms with van der Waals surface area (Å²) in [7, 11) is 1.56. The Morgan fingerprint density at radius 1 is 1.38 bits per heavy atom. The van der Waals surface area contributed by atoms with E-state index >= 15 is 0 Å². The highest BCUT2D eigenvalue weighted by Crippen LogP contribution is 2.31. The number of hydrogen-bond acceptors (Lipinski definition) is 6. The molecule has 4 heterocycles. The monoisotopic (exact) mass is 406 g/mol. The van der Waals surface area contributed by atoms with Crippen molar-refractivity contribution in [2.75, 3.05) is 20.3 Å². The fourth-order valence-corrected chi connectivity index (χ4v) is 3.79. The number of amides is 1. The molecular weight excluding hydrogens is 389 g/mol. The predicted octanol–water partition coefficient (Wildman–Crippen LogP) is 1.81. The molecule has 1 saturated heterocycles. The number of nitrogens with zero attached hydrogens (tertiary/aromatic N) is 6. The number of methoxy groups -OCH3 is 1. The molecule has 1 fully saturated rings. The van der Waals surface area contributed by atoms with Crippen molar-refractivity contribution in [1.29, 1.82) is 5.26 Å². The van der Waals surface area contributed by atoms with Crippen LogP contribution < -0.4 is 0 Å². The molecule has 29 heavy (non-hydrogen) atoms. The maximum absolute atomic E-state index is 12.9. The van der Waals surface area contributed by atoms with Crippen LogP contribution in [0.4, 0.5) is 13.2 Å². The average molecular weight is 406 g/mol. The van der Waals surface area contributed by atoms with Crippen LogP contribution in [0.1, 0.15) is 28.0 Å². The lowest BCUT2D eigenvalue weighted by Gasteiger charge is -2.22. The van der Waals surface area contributed by atoms with E-state index in [9.17, 15) is 23.2 Å². The number of pyridine rings is 1. The molecule has 1 amide bonds. The second-order valence-electron chi connectivity index (χ2n) is 7.03. The minimum Gasteiger partial charge on any atom is -0.383 e. The summed E-state index contributed by atoms with van der Waals surface area (Å²) in [6.45, 7) is 1.14. The van der Waals surface area contributed by atoms with Gasteiger partial charge in [0.2, 0.25) is 0 Å². The summed E-state index contributed by atoms with van der Waals surface area (Å²) in [6.07, 6.45) is -0.223. The zero-order chi connectivity index (χ0) is 20.8. The van der Waals surface area contributed by atoms with E-state index in [1.807, 2.05) is 0 Å². The van der Waals surface area contributed by atoms with Crippen LogP contribution in [0.3, 0.4) is 0 Å². The van der Waals surface area contributed by atoms with E-state index in [0.29, 0.717) is 37.9 Å². The fraction of sp³-hybridized carbons (Fsp3) is 0.444. The van der Waals surface area contributed by atoms with Gasteiger partial charge in [0, 0.05) is 32.0 Å². The van der Waals surface area contributed by atoms with E-state index in [1.165, 1.54) is 6.07 Å². The quantitative estimate of drug-likeness (QED) is 0.720. The maximum atomic E-state index is 12.9. The van der Waals surface area contributed by atoms with Crippen LogP contribution in [0.2, 0.25) is 0 Å². The van der Waals surface area contributed by atoms with Crippen LogP contribution in [0.5, 0.6) is 0 Å². The number of hydrogen-bond donors (Lipinski definition) is 0. The highest BCUT2D eigenvalue weighted by Gasteiger charge is 2.41. The van der Waals surface area contributed by atoms with Crippen molar-refractivity contribution in [2.45, 2.75) is 31.2 Å². The molecule has 2 aliphatic heterocycles. The van der Waals surface area contributed by atoms with Gasteiger partial charge in [0.15, 0.2) is 12.0 Å². The van der Waals surface area contributed by atoms with Crippen molar-refractivity contribution in [3.8, 4) is 12.0 Å². The van der Waals surface area contributed by atoms with Gasteiger partial charge in [-0.05, 0) is 12.5 Å². The van der Waals surface area contributed by atoms with Crippen molar-refractivity contribution in [3.63, 3.8) is 0 Å². The smallest absolute Gasteiger partial charge is 0.383 e. The van der Waals surface area contributed by atoms with Gasteiger partial charge in [0.05, 0.1) is 30.5 Å². The summed E-state index contributed by atoms with van der Waals surface area (Å²) in [6, 6.07) is 2.95. The van der Waals surface area contributed by atoms with Crippen molar-refractivity contribution >= 4 is 5.91 Å². The van der Waals surface area contributed by atoms with E-state index in [-0.39, 0.29) is 29.5 Å². The van der Waals surface area contributed by atoms with E-state index in [0.717, 1.165) is 10.9 Å². The first-order valence-corrected chi connectivity index (χ1v) is 8.90. The molecule has 0 aliphatic carbocycles. The maximum Gasteiger partial charge on any atom is 0.419 e. The third kappa shape index (κ3) is 3.40. The molecule has 2 aromatic heterocycles. The highest BCUT2D eigenvalue weighted by molar-refractivity contribution is 5.96. The molecule has 0 N–H and O–H groups in total. The predicted molar refractivity (Wildman–Crippen MR) is 92.6 cm³/mol. The Morgan fingerprint density at radius 3 is 2.83 bits per heavy atom. The molecule has 0 saturated carbocycles. The summed E-state index contributed by atoms with van der Waals surface area (Å²) in [5, 5.41) is 13.0. The Bertz CT molecular complexity index is 983. The number of nitriles is 1. The molecule has 2 atom stereocenters. The summed E-state index contributed by atoms with van der Waals surface area (Å²) >= 11 is 0. The average Bonchev–Trinajstić information content (AvgIpc) is 3.39. The van der Waals surface area contributed by atoms with Gasteiger partial charge in [0.1, 0.15) is 5.69 Å². The lowest BCUT2D eigenvalue weighted by molar-refractivity contribution is -0.137. The molecule has 0 spiro atoms. The van der Waals surface area contributed by atoms with Gasteiger partial charge >= 0.3 is 6.18 Å². The lowest BCUT2D eigenvalue weighted by Crippen LogP contribution is -2.37. The molecule has 0 bridgehead atoms. The zero-order valence-electron chi connectivity index (χ0n) is 15.4. The van der Waals surface area contributed by atoms with Crippen LogP contribution in [0, 0.1) is 11.5 Å². The second kappa shape index (κ2) is 7.04. The first kappa shape index (κ1) is 19.2. The first-order chi connectivity index (χ1) is 13.8. The lowest BCUT2D eigenvalue weighted by atomic mass is 10.1. The molecule has 0 unspecified atom stereocenters. The van der Waals surface area contributed by atoms with Crippen LogP contribution in [0.25, 0.3) is 5.82 Å². The Labute approximate surface area is 164 Å². The SMILES string of the molecule is COC[C@@H]1C[C@@H](N2Cc3ccc(-n4cc(C(F)(F)F)cn4)nc3C2=O)CN1C#N. The third-order valence-electron chi connectivity index (χ3n) is 5.23. The van der Waals surface area contributed by atoms with Gasteiger partial charge in [-0.3, -0.25) is 4.79 Å². The summed E-state index contributed by atoms with van der Waals surface area (Å²) in [5.74, 6) is -0.164. The number of alkyl halides is 3. The van der Waals surface area contributed by atoms with Gasteiger partial charge in [-0.1, -0.05) is 6.07 Å². The number of ether oxygens (including phenoxy) is 1. The van der Waals surface area contributed by atoms with E-state index in [2.05, 4.69) is 16.3 Å². The van der Waals surface area contributed by atoms with Gasteiger partial charge in [-0.15, -0.1) is 0 Å². The Hall–Kier alpha value is -3.13. The van der Waals surface area contributed by atoms with Crippen LogP contribution in [-0.4, -0.2) is 62.8 Å². The molecule has 11 heteroatoms. The molecule has 0 aromatic carbocycles. The molecular formula is C18H17F3N6O2. The van der Waals surface area contributed by atoms with Crippen LogP contribution in [-0.2, 0) is 17.5 Å². The number of rotatable bonds is 4. The van der Waals surface area contributed by atoms with E-state index in [1.54, 1.807) is 23.0 Å². The second-order valence-corrected chi connectivity index (χ2v) is 7.03. The number of likely N-dealkylation sites (tertiary alicyclic amines) is 1. The number of halogens is 3. The van der Waals surface area contributed by atoms with Gasteiger partial charge in [-0.2, -0.15) is 23.5 Å². The summed E-state index contributed by atoms with van der Waals surface area (Å²) in [5.41, 5.74) is 0.00500. The third-order valence-corrected chi connectivity index (χ3v) is 5.23.